The van der Waals surface area contributed by atoms with Crippen LogP contribution in [0.25, 0.3) is 0 Å². The highest BCUT2D eigenvalue weighted by Crippen LogP contribution is 2.25. The van der Waals surface area contributed by atoms with E-state index < -0.39 is 0 Å². The van der Waals surface area contributed by atoms with Gasteiger partial charge in [-0.1, -0.05) is 15.9 Å². The maximum atomic E-state index is 12.0. The van der Waals surface area contributed by atoms with E-state index in [1.165, 1.54) is 0 Å². The third-order valence-electron chi connectivity index (χ3n) is 4.17. The van der Waals surface area contributed by atoms with Crippen LogP contribution in [0.5, 0.6) is 5.75 Å². The van der Waals surface area contributed by atoms with Gasteiger partial charge in [0.25, 0.3) is 5.91 Å². The van der Waals surface area contributed by atoms with E-state index in [1.807, 2.05) is 24.3 Å². The monoisotopic (exact) mass is 370 g/mol. The maximum Gasteiger partial charge on any atom is 0.258 e. The molecule has 5 nitrogen and oxygen atoms in total. The van der Waals surface area contributed by atoms with Crippen LogP contribution in [0.1, 0.15) is 12.8 Å². The van der Waals surface area contributed by atoms with Crippen LogP contribution in [0.2, 0.25) is 0 Å². The fourth-order valence-electron chi connectivity index (χ4n) is 2.53. The van der Waals surface area contributed by atoms with Gasteiger partial charge >= 0.3 is 0 Å². The van der Waals surface area contributed by atoms with E-state index in [9.17, 15) is 4.79 Å². The zero-order chi connectivity index (χ0) is 16.0. The Morgan fingerprint density at radius 2 is 1.95 bits per heavy atom. The standard InChI is InChI=1S/C16H23BrN2O3/c1-19(2)16(7-9-21-10-8-16)12-18-15(20)11-22-14-5-3-13(17)4-6-14/h3-6H,7-12H2,1-2H3,(H,18,20). The predicted octanol–water partition coefficient (Wildman–Crippen LogP) is 2.05. The molecular weight excluding hydrogens is 348 g/mol. The van der Waals surface area contributed by atoms with Crippen LogP contribution in [-0.2, 0) is 9.53 Å². The average molecular weight is 371 g/mol. The first-order valence-electron chi connectivity index (χ1n) is 7.42. The van der Waals surface area contributed by atoms with Crippen LogP contribution >= 0.6 is 15.9 Å². The van der Waals surface area contributed by atoms with Crippen LogP contribution in [-0.4, -0.2) is 56.8 Å². The number of nitrogens with one attached hydrogen (secondary N) is 1. The van der Waals surface area contributed by atoms with Crippen molar-refractivity contribution in [2.75, 3.05) is 40.5 Å². The summed E-state index contributed by atoms with van der Waals surface area (Å²) in [6, 6.07) is 7.43. The van der Waals surface area contributed by atoms with E-state index in [0.717, 1.165) is 30.5 Å². The fourth-order valence-corrected chi connectivity index (χ4v) is 2.79. The van der Waals surface area contributed by atoms with Crippen molar-refractivity contribution in [3.05, 3.63) is 28.7 Å². The van der Waals surface area contributed by atoms with Crippen molar-refractivity contribution in [2.45, 2.75) is 18.4 Å². The number of ether oxygens (including phenoxy) is 2. The quantitative estimate of drug-likeness (QED) is 0.832. The van der Waals surface area contributed by atoms with Crippen LogP contribution in [0.4, 0.5) is 0 Å². The van der Waals surface area contributed by atoms with Crippen LogP contribution in [0.3, 0.4) is 0 Å². The van der Waals surface area contributed by atoms with Gasteiger partial charge in [-0.25, -0.2) is 0 Å². The van der Waals surface area contributed by atoms with Crippen LogP contribution in [0, 0.1) is 0 Å². The number of amides is 1. The van der Waals surface area contributed by atoms with Gasteiger partial charge in [0.15, 0.2) is 6.61 Å². The number of carbonyl (C=O) groups excluding carboxylic acids is 1. The fraction of sp³-hybridized carbons (Fsp3) is 0.562. The van der Waals surface area contributed by atoms with Gasteiger partial charge in [-0.15, -0.1) is 0 Å². The number of hydrogen-bond donors (Lipinski definition) is 1. The molecule has 1 heterocycles. The molecule has 0 aromatic heterocycles. The van der Waals surface area contributed by atoms with Gasteiger partial charge in [0.05, 0.1) is 0 Å². The lowest BCUT2D eigenvalue weighted by molar-refractivity contribution is -0.124. The Balaban J connectivity index is 1.80. The molecule has 0 aliphatic carbocycles. The second-order valence-electron chi connectivity index (χ2n) is 5.75. The highest BCUT2D eigenvalue weighted by Gasteiger charge is 2.35. The molecule has 0 radical (unpaired) electrons. The molecular formula is C16H23BrN2O3. The lowest BCUT2D eigenvalue weighted by atomic mass is 9.88. The minimum Gasteiger partial charge on any atom is -0.484 e. The number of halogens is 1. The summed E-state index contributed by atoms with van der Waals surface area (Å²) in [6.45, 7) is 2.13. The van der Waals surface area contributed by atoms with E-state index in [1.54, 1.807) is 0 Å². The highest BCUT2D eigenvalue weighted by molar-refractivity contribution is 9.10. The summed E-state index contributed by atoms with van der Waals surface area (Å²) < 4.78 is 11.9. The minimum absolute atomic E-state index is 0.0223. The van der Waals surface area contributed by atoms with Crippen molar-refractivity contribution in [1.82, 2.24) is 10.2 Å². The van der Waals surface area contributed by atoms with Gasteiger partial charge in [-0.3, -0.25) is 4.79 Å². The van der Waals surface area contributed by atoms with E-state index in [-0.39, 0.29) is 18.1 Å². The molecule has 6 heteroatoms. The van der Waals surface area contributed by atoms with Crippen molar-refractivity contribution >= 4 is 21.8 Å². The first-order valence-corrected chi connectivity index (χ1v) is 8.21. The molecule has 1 aliphatic rings. The van der Waals surface area contributed by atoms with Crippen LogP contribution in [0.15, 0.2) is 28.7 Å². The molecule has 0 atom stereocenters. The normalized spacial score (nSPS) is 17.3. The van der Waals surface area contributed by atoms with Gasteiger partial charge in [-0.05, 0) is 51.2 Å². The van der Waals surface area contributed by atoms with E-state index >= 15 is 0 Å². The number of benzene rings is 1. The SMILES string of the molecule is CN(C)C1(CNC(=O)COc2ccc(Br)cc2)CCOCC1. The smallest absolute Gasteiger partial charge is 0.258 e. The van der Waals surface area contributed by atoms with Gasteiger partial charge in [-0.2, -0.15) is 0 Å². The zero-order valence-electron chi connectivity index (χ0n) is 13.1. The number of likely N-dealkylation sites (N-methyl/N-ethyl adjacent to an activating group) is 1. The van der Waals surface area contributed by atoms with E-state index in [4.69, 9.17) is 9.47 Å². The van der Waals surface area contributed by atoms with Gasteiger partial charge < -0.3 is 19.7 Å². The van der Waals surface area contributed by atoms with Gasteiger partial charge in [0.1, 0.15) is 5.75 Å². The van der Waals surface area contributed by atoms with Crippen molar-refractivity contribution in [3.8, 4) is 5.75 Å². The molecule has 2 rings (SSSR count). The van der Waals surface area contributed by atoms with Gasteiger partial charge in [0, 0.05) is 29.8 Å². The summed E-state index contributed by atoms with van der Waals surface area (Å²) in [6.07, 6.45) is 1.85. The Hall–Kier alpha value is -1.11. The Labute approximate surface area is 140 Å². The van der Waals surface area contributed by atoms with Gasteiger partial charge in [0.2, 0.25) is 0 Å². The lowest BCUT2D eigenvalue weighted by Gasteiger charge is -2.42. The third kappa shape index (κ3) is 4.69. The number of rotatable bonds is 6. The second-order valence-corrected chi connectivity index (χ2v) is 6.67. The first-order chi connectivity index (χ1) is 10.5. The molecule has 1 N–H and O–H groups in total. The number of hydrogen-bond acceptors (Lipinski definition) is 4. The summed E-state index contributed by atoms with van der Waals surface area (Å²) in [4.78, 5) is 14.2. The molecule has 1 amide bonds. The topological polar surface area (TPSA) is 50.8 Å². The zero-order valence-corrected chi connectivity index (χ0v) is 14.7. The van der Waals surface area contributed by atoms with Crippen molar-refractivity contribution < 1.29 is 14.3 Å². The highest BCUT2D eigenvalue weighted by atomic mass is 79.9. The number of carbonyl (C=O) groups is 1. The largest absolute Gasteiger partial charge is 0.484 e. The van der Waals surface area contributed by atoms with Crippen LogP contribution < -0.4 is 10.1 Å². The molecule has 22 heavy (non-hydrogen) atoms. The molecule has 0 spiro atoms. The van der Waals surface area contributed by atoms with Crippen molar-refractivity contribution in [3.63, 3.8) is 0 Å². The Kier molecular flexibility index (Phi) is 6.23. The molecule has 0 bridgehead atoms. The minimum atomic E-state index is -0.101. The van der Waals surface area contributed by atoms with E-state index in [2.05, 4.69) is 40.2 Å². The molecule has 122 valence electrons. The molecule has 1 saturated heterocycles. The Morgan fingerprint density at radius 3 is 2.55 bits per heavy atom. The molecule has 1 aliphatic heterocycles. The second kappa shape index (κ2) is 7.94. The summed E-state index contributed by atoms with van der Waals surface area (Å²) in [7, 11) is 4.10. The molecule has 1 aromatic rings. The van der Waals surface area contributed by atoms with Crippen molar-refractivity contribution in [2.24, 2.45) is 0 Å². The van der Waals surface area contributed by atoms with E-state index in [0.29, 0.717) is 12.3 Å². The molecule has 1 fully saturated rings. The maximum absolute atomic E-state index is 12.0. The molecule has 0 saturated carbocycles. The third-order valence-corrected chi connectivity index (χ3v) is 4.70. The summed E-state index contributed by atoms with van der Waals surface area (Å²) in [5, 5.41) is 2.99. The Bertz CT molecular complexity index is 485. The average Bonchev–Trinajstić information content (AvgIpc) is 2.53. The predicted molar refractivity (Wildman–Crippen MR) is 89.1 cm³/mol. The molecule has 1 aromatic carbocycles. The lowest BCUT2D eigenvalue weighted by Crippen LogP contribution is -2.56. The number of nitrogens with zero attached hydrogens (tertiary/aromatic N) is 1. The summed E-state index contributed by atoms with van der Waals surface area (Å²) in [5.41, 5.74) is -0.0223. The first kappa shape index (κ1) is 17.2. The Morgan fingerprint density at radius 1 is 1.32 bits per heavy atom. The summed E-state index contributed by atoms with van der Waals surface area (Å²) in [5.74, 6) is 0.586. The summed E-state index contributed by atoms with van der Waals surface area (Å²) >= 11 is 3.36. The van der Waals surface area contributed by atoms with Crippen molar-refractivity contribution in [1.29, 1.82) is 0 Å². The molecule has 0 unspecified atom stereocenters.